The molecule has 1 unspecified atom stereocenters. The molecule has 3 rings (SSSR count). The minimum absolute atomic E-state index is 0.0562. The maximum absolute atomic E-state index is 6.41. The highest BCUT2D eigenvalue weighted by Gasteiger charge is 2.22. The normalized spacial score (nSPS) is 28.5. The van der Waals surface area contributed by atoms with Crippen LogP contribution in [0.4, 0.5) is 0 Å². The van der Waals surface area contributed by atoms with Crippen molar-refractivity contribution in [2.24, 2.45) is 9.98 Å². The third-order valence-corrected chi connectivity index (χ3v) is 3.94. The monoisotopic (exact) mass is 314 g/mol. The summed E-state index contributed by atoms with van der Waals surface area (Å²) in [6.07, 6.45) is 2.58. The summed E-state index contributed by atoms with van der Waals surface area (Å²) in [5.74, 6) is 0.701. The number of nitrogens with one attached hydrogen (secondary N) is 4. The molecule has 1 aliphatic carbocycles. The summed E-state index contributed by atoms with van der Waals surface area (Å²) < 4.78 is 0. The summed E-state index contributed by atoms with van der Waals surface area (Å²) in [7, 11) is 0. The zero-order valence-corrected chi connectivity index (χ0v) is 12.4. The Balaban J connectivity index is 1.87. The molecule has 2 saturated heterocycles. The second kappa shape index (κ2) is 6.13. The van der Waals surface area contributed by atoms with Crippen LogP contribution in [0.5, 0.6) is 0 Å². The van der Waals surface area contributed by atoms with Gasteiger partial charge in [-0.15, -0.1) is 0 Å². The van der Waals surface area contributed by atoms with Crippen LogP contribution in [0.25, 0.3) is 0 Å². The molecule has 4 N–H and O–H groups in total. The Morgan fingerprint density at radius 1 is 1.20 bits per heavy atom. The van der Waals surface area contributed by atoms with E-state index in [1.165, 1.54) is 0 Å². The van der Waals surface area contributed by atoms with Crippen molar-refractivity contribution in [3.63, 3.8) is 0 Å². The summed E-state index contributed by atoms with van der Waals surface area (Å²) >= 11 is 12.6. The van der Waals surface area contributed by atoms with E-state index in [1.54, 1.807) is 0 Å². The van der Waals surface area contributed by atoms with Crippen molar-refractivity contribution in [2.45, 2.75) is 12.6 Å². The van der Waals surface area contributed by atoms with E-state index in [9.17, 15) is 0 Å². The molecular formula is C12H16Cl2N6. The quantitative estimate of drug-likeness (QED) is 0.596. The molecule has 108 valence electrons. The summed E-state index contributed by atoms with van der Waals surface area (Å²) in [5.41, 5.74) is 1.39. The van der Waals surface area contributed by atoms with Gasteiger partial charge in [-0.05, 0) is 0 Å². The van der Waals surface area contributed by atoms with E-state index in [1.807, 2.05) is 6.08 Å². The first-order chi connectivity index (χ1) is 9.74. The van der Waals surface area contributed by atoms with Crippen LogP contribution in [0, 0.1) is 0 Å². The van der Waals surface area contributed by atoms with E-state index >= 15 is 0 Å². The molecule has 3 aliphatic rings. The predicted molar refractivity (Wildman–Crippen MR) is 82.1 cm³/mol. The van der Waals surface area contributed by atoms with E-state index in [0.29, 0.717) is 28.1 Å². The first-order valence-corrected chi connectivity index (χ1v) is 7.33. The maximum atomic E-state index is 6.41. The minimum atomic E-state index is 0.0562. The molecule has 0 saturated carbocycles. The minimum Gasteiger partial charge on any atom is -0.354 e. The third-order valence-electron chi connectivity index (χ3n) is 3.21. The van der Waals surface area contributed by atoms with Crippen LogP contribution in [0.2, 0.25) is 0 Å². The van der Waals surface area contributed by atoms with Gasteiger partial charge in [0.05, 0.1) is 15.8 Å². The van der Waals surface area contributed by atoms with Gasteiger partial charge in [-0.1, -0.05) is 29.3 Å². The van der Waals surface area contributed by atoms with Gasteiger partial charge < -0.3 is 16.0 Å². The van der Waals surface area contributed by atoms with E-state index in [-0.39, 0.29) is 6.17 Å². The zero-order valence-electron chi connectivity index (χ0n) is 10.8. The van der Waals surface area contributed by atoms with Gasteiger partial charge >= 0.3 is 0 Å². The van der Waals surface area contributed by atoms with E-state index < -0.39 is 0 Å². The van der Waals surface area contributed by atoms with Gasteiger partial charge in [-0.3, -0.25) is 10.3 Å². The van der Waals surface area contributed by atoms with Crippen LogP contribution < -0.4 is 21.3 Å². The highest BCUT2D eigenvalue weighted by molar-refractivity contribution is 6.46. The van der Waals surface area contributed by atoms with Gasteiger partial charge in [0.1, 0.15) is 11.9 Å². The van der Waals surface area contributed by atoms with Crippen molar-refractivity contribution in [3.8, 4) is 0 Å². The lowest BCUT2D eigenvalue weighted by Crippen LogP contribution is -2.25. The molecule has 1 atom stereocenters. The van der Waals surface area contributed by atoms with E-state index in [4.69, 9.17) is 23.2 Å². The third kappa shape index (κ3) is 2.98. The Bertz CT molecular complexity index is 508. The summed E-state index contributed by atoms with van der Waals surface area (Å²) in [5, 5.41) is 13.8. The molecular weight excluding hydrogens is 299 g/mol. The van der Waals surface area contributed by atoms with Crippen LogP contribution >= 0.6 is 23.2 Å². The molecule has 0 bridgehead atoms. The predicted octanol–water partition coefficient (Wildman–Crippen LogP) is 0.429. The number of halogens is 2. The topological polar surface area (TPSA) is 72.8 Å². The second-order valence-corrected chi connectivity index (χ2v) is 5.44. The molecule has 8 heteroatoms. The van der Waals surface area contributed by atoms with Crippen molar-refractivity contribution >= 4 is 34.9 Å². The molecule has 2 aliphatic heterocycles. The van der Waals surface area contributed by atoms with Crippen molar-refractivity contribution in [2.75, 3.05) is 26.3 Å². The summed E-state index contributed by atoms with van der Waals surface area (Å²) in [4.78, 5) is 9.06. The van der Waals surface area contributed by atoms with Gasteiger partial charge in [0, 0.05) is 32.7 Å². The number of rotatable bonds is 2. The standard InChI is InChI=1S/C12H16Cl2N6/c13-7-1-2-8(19-9-5-15-6-18-9)10(14)11(7)20-12-16-3-4-17-12/h1,9,15,18H,2-6H2,(H2,16,17,20). The largest absolute Gasteiger partial charge is 0.354 e. The number of hydrogen-bond acceptors (Lipinski definition) is 4. The average Bonchev–Trinajstić information content (AvgIpc) is 3.11. The molecule has 0 spiro atoms. The Morgan fingerprint density at radius 2 is 2.00 bits per heavy atom. The lowest BCUT2D eigenvalue weighted by Gasteiger charge is -2.15. The Kier molecular flexibility index (Phi) is 4.26. The Morgan fingerprint density at radius 3 is 2.70 bits per heavy atom. The Hall–Kier alpha value is -1.08. The van der Waals surface area contributed by atoms with Crippen molar-refractivity contribution in [1.29, 1.82) is 0 Å². The lowest BCUT2D eigenvalue weighted by molar-refractivity contribution is 0.663. The lowest BCUT2D eigenvalue weighted by atomic mass is 10.1. The van der Waals surface area contributed by atoms with Gasteiger partial charge in [0.2, 0.25) is 0 Å². The van der Waals surface area contributed by atoms with Crippen LogP contribution in [-0.2, 0) is 0 Å². The molecule has 2 fully saturated rings. The number of hydrogen-bond donors (Lipinski definition) is 4. The summed E-state index contributed by atoms with van der Waals surface area (Å²) in [6, 6.07) is 0. The second-order valence-electron chi connectivity index (χ2n) is 4.66. The number of aliphatic imine (C=N–C) groups is 2. The highest BCUT2D eigenvalue weighted by Crippen LogP contribution is 2.30. The van der Waals surface area contributed by atoms with Crippen LogP contribution in [0.15, 0.2) is 31.8 Å². The summed E-state index contributed by atoms with van der Waals surface area (Å²) in [6.45, 7) is 3.27. The van der Waals surface area contributed by atoms with E-state index in [0.717, 1.165) is 32.0 Å². The van der Waals surface area contributed by atoms with Gasteiger partial charge in [0.25, 0.3) is 0 Å². The first-order valence-electron chi connectivity index (χ1n) is 6.57. The molecule has 20 heavy (non-hydrogen) atoms. The zero-order chi connectivity index (χ0) is 13.9. The van der Waals surface area contributed by atoms with Crippen LogP contribution in [0.3, 0.4) is 0 Å². The molecule has 6 nitrogen and oxygen atoms in total. The fraction of sp³-hybridized carbons (Fsp3) is 0.500. The highest BCUT2D eigenvalue weighted by atomic mass is 35.5. The smallest absolute Gasteiger partial charge is 0.196 e. The SMILES string of the molecule is ClC1=CCC(=NC2CNCN2)C(Cl)=C1N=C1NCCN1. The number of allylic oxidation sites excluding steroid dienone is 3. The van der Waals surface area contributed by atoms with Crippen molar-refractivity contribution in [3.05, 3.63) is 21.8 Å². The average molecular weight is 315 g/mol. The van der Waals surface area contributed by atoms with Gasteiger partial charge in [0.15, 0.2) is 5.96 Å². The fourth-order valence-electron chi connectivity index (χ4n) is 2.19. The molecule has 0 aromatic carbocycles. The fourth-order valence-corrected chi connectivity index (χ4v) is 2.72. The Labute approximate surface area is 127 Å². The van der Waals surface area contributed by atoms with Crippen molar-refractivity contribution < 1.29 is 0 Å². The maximum Gasteiger partial charge on any atom is 0.196 e. The van der Waals surface area contributed by atoms with Crippen LogP contribution in [-0.4, -0.2) is 44.1 Å². The number of nitrogens with zero attached hydrogens (tertiary/aromatic N) is 2. The molecule has 0 aromatic rings. The van der Waals surface area contributed by atoms with Crippen molar-refractivity contribution in [1.82, 2.24) is 21.3 Å². The van der Waals surface area contributed by atoms with Gasteiger partial charge in [-0.2, -0.15) is 0 Å². The van der Waals surface area contributed by atoms with Gasteiger partial charge in [-0.25, -0.2) is 4.99 Å². The van der Waals surface area contributed by atoms with Crippen LogP contribution in [0.1, 0.15) is 6.42 Å². The molecule has 0 aromatic heterocycles. The molecule has 2 heterocycles. The number of guanidine groups is 1. The molecule has 0 radical (unpaired) electrons. The first kappa shape index (κ1) is 13.9. The van der Waals surface area contributed by atoms with E-state index in [2.05, 4.69) is 31.3 Å². The molecule has 0 amide bonds.